The summed E-state index contributed by atoms with van der Waals surface area (Å²) in [6.07, 6.45) is 0.778. The van der Waals surface area contributed by atoms with Crippen LogP contribution in [0.1, 0.15) is 11.1 Å². The maximum absolute atomic E-state index is 13.5. The molecule has 1 heterocycles. The normalized spacial score (nSPS) is 21.8. The lowest BCUT2D eigenvalue weighted by Crippen LogP contribution is -2.49. The fourth-order valence-electron chi connectivity index (χ4n) is 2.24. The van der Waals surface area contributed by atoms with Crippen molar-refractivity contribution < 1.29 is 4.39 Å². The third kappa shape index (κ3) is 3.18. The molecule has 0 amide bonds. The molecule has 0 saturated carbocycles. The van der Waals surface area contributed by atoms with Crippen molar-refractivity contribution in [1.82, 2.24) is 10.2 Å². The Hall–Kier alpha value is -0.640. The van der Waals surface area contributed by atoms with Crippen LogP contribution in [-0.4, -0.2) is 37.6 Å². The SMILES string of the molecule is Cc1cc(Cl)c(CC2CN(C)CCN2)cc1F. The Bertz CT molecular complexity index is 409. The summed E-state index contributed by atoms with van der Waals surface area (Å²) in [5.74, 6) is -0.173. The minimum atomic E-state index is -0.173. The molecule has 1 unspecified atom stereocenters. The van der Waals surface area contributed by atoms with Crippen LogP contribution in [0.25, 0.3) is 0 Å². The van der Waals surface area contributed by atoms with Gasteiger partial charge in [0.05, 0.1) is 0 Å². The first kappa shape index (κ1) is 12.8. The van der Waals surface area contributed by atoms with Crippen LogP contribution in [0.2, 0.25) is 5.02 Å². The van der Waals surface area contributed by atoms with Gasteiger partial charge >= 0.3 is 0 Å². The van der Waals surface area contributed by atoms with E-state index in [1.54, 1.807) is 19.1 Å². The fraction of sp³-hybridized carbons (Fsp3) is 0.538. The molecule has 1 fully saturated rings. The highest BCUT2D eigenvalue weighted by atomic mass is 35.5. The van der Waals surface area contributed by atoms with Gasteiger partial charge in [-0.25, -0.2) is 4.39 Å². The van der Waals surface area contributed by atoms with E-state index >= 15 is 0 Å². The van der Waals surface area contributed by atoms with Crippen molar-refractivity contribution in [1.29, 1.82) is 0 Å². The Balaban J connectivity index is 2.10. The molecule has 94 valence electrons. The van der Waals surface area contributed by atoms with E-state index in [1.165, 1.54) is 0 Å². The van der Waals surface area contributed by atoms with E-state index in [4.69, 9.17) is 11.6 Å². The Morgan fingerprint density at radius 3 is 3.00 bits per heavy atom. The van der Waals surface area contributed by atoms with E-state index in [0.717, 1.165) is 31.6 Å². The van der Waals surface area contributed by atoms with Gasteiger partial charge in [0.15, 0.2) is 0 Å². The number of halogens is 2. The molecular weight excluding hydrogens is 239 g/mol. The second-order valence-electron chi connectivity index (χ2n) is 4.81. The van der Waals surface area contributed by atoms with Crippen molar-refractivity contribution >= 4 is 11.6 Å². The molecule has 1 atom stereocenters. The average Bonchev–Trinajstić information content (AvgIpc) is 2.26. The van der Waals surface area contributed by atoms with Gasteiger partial charge in [-0.15, -0.1) is 0 Å². The molecule has 1 aromatic carbocycles. The number of nitrogens with zero attached hydrogens (tertiary/aromatic N) is 1. The van der Waals surface area contributed by atoms with Crippen LogP contribution in [0.5, 0.6) is 0 Å². The standard InChI is InChI=1S/C13H18ClFN2/c1-9-5-12(14)10(7-13(9)15)6-11-8-17(2)4-3-16-11/h5,7,11,16H,3-4,6,8H2,1-2H3. The highest BCUT2D eigenvalue weighted by Gasteiger charge is 2.18. The van der Waals surface area contributed by atoms with Gasteiger partial charge < -0.3 is 10.2 Å². The number of aryl methyl sites for hydroxylation is 1. The molecule has 1 aromatic rings. The zero-order chi connectivity index (χ0) is 12.4. The Morgan fingerprint density at radius 2 is 2.29 bits per heavy atom. The topological polar surface area (TPSA) is 15.3 Å². The predicted molar refractivity (Wildman–Crippen MR) is 69.1 cm³/mol. The van der Waals surface area contributed by atoms with Crippen molar-refractivity contribution in [3.05, 3.63) is 34.1 Å². The van der Waals surface area contributed by atoms with E-state index in [9.17, 15) is 4.39 Å². The van der Waals surface area contributed by atoms with E-state index in [0.29, 0.717) is 16.6 Å². The Morgan fingerprint density at radius 1 is 1.53 bits per heavy atom. The number of hydrogen-bond donors (Lipinski definition) is 1. The van der Waals surface area contributed by atoms with E-state index in [-0.39, 0.29) is 5.82 Å². The number of benzene rings is 1. The maximum Gasteiger partial charge on any atom is 0.126 e. The second kappa shape index (κ2) is 5.34. The largest absolute Gasteiger partial charge is 0.311 e. The molecule has 0 aromatic heterocycles. The third-order valence-electron chi connectivity index (χ3n) is 3.25. The number of hydrogen-bond acceptors (Lipinski definition) is 2. The highest BCUT2D eigenvalue weighted by Crippen LogP contribution is 2.22. The summed E-state index contributed by atoms with van der Waals surface area (Å²) in [6.45, 7) is 4.75. The van der Waals surface area contributed by atoms with Gasteiger partial charge in [-0.05, 0) is 43.7 Å². The van der Waals surface area contributed by atoms with Crippen molar-refractivity contribution in [2.75, 3.05) is 26.7 Å². The number of piperazine rings is 1. The molecule has 0 bridgehead atoms. The van der Waals surface area contributed by atoms with Gasteiger partial charge in [0.1, 0.15) is 5.82 Å². The summed E-state index contributed by atoms with van der Waals surface area (Å²) in [6, 6.07) is 3.63. The second-order valence-corrected chi connectivity index (χ2v) is 5.22. The van der Waals surface area contributed by atoms with Gasteiger partial charge in [0, 0.05) is 30.7 Å². The van der Waals surface area contributed by atoms with E-state index in [1.807, 2.05) is 0 Å². The molecule has 2 rings (SSSR count). The lowest BCUT2D eigenvalue weighted by Gasteiger charge is -2.31. The molecule has 17 heavy (non-hydrogen) atoms. The van der Waals surface area contributed by atoms with Gasteiger partial charge in [-0.1, -0.05) is 11.6 Å². The van der Waals surface area contributed by atoms with Gasteiger partial charge in [0.2, 0.25) is 0 Å². The van der Waals surface area contributed by atoms with Crippen molar-refractivity contribution in [3.8, 4) is 0 Å². The minimum Gasteiger partial charge on any atom is -0.311 e. The number of likely N-dealkylation sites (N-methyl/N-ethyl adjacent to an activating group) is 1. The molecule has 2 nitrogen and oxygen atoms in total. The summed E-state index contributed by atoms with van der Waals surface area (Å²) in [5.41, 5.74) is 1.50. The fourth-order valence-corrected chi connectivity index (χ4v) is 2.53. The van der Waals surface area contributed by atoms with Crippen LogP contribution in [0, 0.1) is 12.7 Å². The van der Waals surface area contributed by atoms with Crippen LogP contribution < -0.4 is 5.32 Å². The molecule has 1 aliphatic rings. The number of nitrogens with one attached hydrogen (secondary N) is 1. The molecule has 0 aliphatic carbocycles. The number of rotatable bonds is 2. The smallest absolute Gasteiger partial charge is 0.126 e. The first-order valence-corrected chi connectivity index (χ1v) is 6.30. The summed E-state index contributed by atoms with van der Waals surface area (Å²) in [4.78, 5) is 2.28. The van der Waals surface area contributed by atoms with Crippen LogP contribution >= 0.6 is 11.6 Å². The van der Waals surface area contributed by atoms with Gasteiger partial charge in [-0.3, -0.25) is 0 Å². The zero-order valence-corrected chi connectivity index (χ0v) is 11.0. The van der Waals surface area contributed by atoms with Crippen molar-refractivity contribution in [2.24, 2.45) is 0 Å². The maximum atomic E-state index is 13.5. The van der Waals surface area contributed by atoms with E-state index < -0.39 is 0 Å². The molecule has 0 radical (unpaired) electrons. The lowest BCUT2D eigenvalue weighted by molar-refractivity contribution is 0.238. The van der Waals surface area contributed by atoms with E-state index in [2.05, 4.69) is 17.3 Å². The summed E-state index contributed by atoms with van der Waals surface area (Å²) < 4.78 is 13.5. The first-order chi connectivity index (χ1) is 8.06. The molecule has 4 heteroatoms. The summed E-state index contributed by atoms with van der Waals surface area (Å²) in [7, 11) is 2.10. The average molecular weight is 257 g/mol. The summed E-state index contributed by atoms with van der Waals surface area (Å²) >= 11 is 6.15. The molecule has 1 N–H and O–H groups in total. The van der Waals surface area contributed by atoms with Crippen LogP contribution in [0.4, 0.5) is 4.39 Å². The van der Waals surface area contributed by atoms with Crippen LogP contribution in [0.15, 0.2) is 12.1 Å². The monoisotopic (exact) mass is 256 g/mol. The lowest BCUT2D eigenvalue weighted by atomic mass is 10.0. The zero-order valence-electron chi connectivity index (χ0n) is 10.3. The first-order valence-electron chi connectivity index (χ1n) is 5.92. The quantitative estimate of drug-likeness (QED) is 0.873. The van der Waals surface area contributed by atoms with Crippen LogP contribution in [0.3, 0.4) is 0 Å². The molecule has 0 spiro atoms. The Labute approximate surface area is 107 Å². The predicted octanol–water partition coefficient (Wildman–Crippen LogP) is 2.23. The summed E-state index contributed by atoms with van der Waals surface area (Å²) in [5, 5.41) is 4.10. The Kier molecular flexibility index (Phi) is 4.02. The van der Waals surface area contributed by atoms with Gasteiger partial charge in [0.25, 0.3) is 0 Å². The minimum absolute atomic E-state index is 0.173. The van der Waals surface area contributed by atoms with Crippen molar-refractivity contribution in [3.63, 3.8) is 0 Å². The molecule has 1 aliphatic heterocycles. The molecule has 1 saturated heterocycles. The van der Waals surface area contributed by atoms with Crippen LogP contribution in [-0.2, 0) is 6.42 Å². The molecular formula is C13H18ClFN2. The third-order valence-corrected chi connectivity index (χ3v) is 3.60. The highest BCUT2D eigenvalue weighted by molar-refractivity contribution is 6.31. The van der Waals surface area contributed by atoms with Gasteiger partial charge in [-0.2, -0.15) is 0 Å². The van der Waals surface area contributed by atoms with Crippen molar-refractivity contribution in [2.45, 2.75) is 19.4 Å².